The number of carboxylic acid groups (broad SMARTS) is 3. The number of aliphatic carboxylic acids is 3. The summed E-state index contributed by atoms with van der Waals surface area (Å²) in [5.41, 5.74) is 1.32. The van der Waals surface area contributed by atoms with E-state index in [2.05, 4.69) is 10.2 Å². The van der Waals surface area contributed by atoms with Crippen LogP contribution in [0.2, 0.25) is 0 Å². The van der Waals surface area contributed by atoms with Gasteiger partial charge in [0.2, 0.25) is 0 Å². The Kier molecular flexibility index (Phi) is 15.7. The molecule has 252 valence electrons. The largest absolute Gasteiger partial charge is 0.491 e. The Labute approximate surface area is 250 Å². The first-order valence-electron chi connectivity index (χ1n) is 12.9. The number of hydrogen-bond acceptors (Lipinski definition) is 7. The molecule has 3 rings (SSSR count). The predicted octanol–water partition coefficient (Wildman–Crippen LogP) is 3.85. The number of hydrogen-bond donors (Lipinski definition) is 5. The molecule has 10 nitrogen and oxygen atoms in total. The van der Waals surface area contributed by atoms with Crippen LogP contribution in [0.3, 0.4) is 0 Å². The maximum Gasteiger partial charge on any atom is 0.490 e. The number of aliphatic hydroxyl groups is 1. The molecule has 1 saturated heterocycles. The highest BCUT2D eigenvalue weighted by atomic mass is 19.4. The fourth-order valence-electron chi connectivity index (χ4n) is 3.69. The average molecular weight is 663 g/mol. The van der Waals surface area contributed by atoms with Gasteiger partial charge in [-0.25, -0.2) is 18.4 Å². The molecule has 45 heavy (non-hydrogen) atoms. The second-order valence-electron chi connectivity index (χ2n) is 9.46. The van der Waals surface area contributed by atoms with Gasteiger partial charge in [-0.3, -0.25) is 9.69 Å². The SMILES string of the molecule is O=C(O)C(F)(F)F.O=C(O)C(F)(F)F.O=C(O)Cc1ccccc1OC[C@@H](O)CNC1CCN(Cc2ccc(F)c(F)c2)CC1. The Morgan fingerprint density at radius 2 is 1.42 bits per heavy atom. The number of ether oxygens (including phenoxy) is 1. The van der Waals surface area contributed by atoms with E-state index in [4.69, 9.17) is 29.6 Å². The summed E-state index contributed by atoms with van der Waals surface area (Å²) >= 11 is 0. The van der Waals surface area contributed by atoms with E-state index in [1.54, 1.807) is 30.3 Å². The van der Waals surface area contributed by atoms with Crippen molar-refractivity contribution in [1.29, 1.82) is 0 Å². The van der Waals surface area contributed by atoms with Gasteiger partial charge in [-0.15, -0.1) is 0 Å². The van der Waals surface area contributed by atoms with E-state index in [0.717, 1.165) is 37.6 Å². The molecule has 1 aliphatic heterocycles. The first kappa shape index (κ1) is 39.0. The van der Waals surface area contributed by atoms with Gasteiger partial charge in [0.1, 0.15) is 18.5 Å². The van der Waals surface area contributed by atoms with E-state index in [0.29, 0.717) is 24.4 Å². The van der Waals surface area contributed by atoms with Crippen LogP contribution < -0.4 is 10.1 Å². The number of alkyl halides is 6. The van der Waals surface area contributed by atoms with Crippen LogP contribution in [0.5, 0.6) is 5.75 Å². The van der Waals surface area contributed by atoms with Gasteiger partial charge in [0.25, 0.3) is 0 Å². The van der Waals surface area contributed by atoms with Gasteiger partial charge in [0, 0.05) is 24.7 Å². The van der Waals surface area contributed by atoms with Crippen LogP contribution in [0.25, 0.3) is 0 Å². The summed E-state index contributed by atoms with van der Waals surface area (Å²) in [5.74, 6) is -7.64. The van der Waals surface area contributed by atoms with Crippen molar-refractivity contribution in [2.45, 2.75) is 50.3 Å². The molecule has 18 heteroatoms. The molecule has 0 bridgehead atoms. The van der Waals surface area contributed by atoms with Gasteiger partial charge in [-0.05, 0) is 49.7 Å². The Hall–Kier alpha value is -4.03. The lowest BCUT2D eigenvalue weighted by Crippen LogP contribution is -2.45. The molecular weight excluding hydrogens is 632 g/mol. The lowest BCUT2D eigenvalue weighted by Gasteiger charge is -2.33. The van der Waals surface area contributed by atoms with Gasteiger partial charge < -0.3 is 30.5 Å². The predicted molar refractivity (Wildman–Crippen MR) is 139 cm³/mol. The molecule has 0 amide bonds. The maximum absolute atomic E-state index is 13.4. The zero-order chi connectivity index (χ0) is 34.4. The van der Waals surface area contributed by atoms with Crippen LogP contribution >= 0.6 is 0 Å². The summed E-state index contributed by atoms with van der Waals surface area (Å²) in [6, 6.07) is 11.2. The first-order chi connectivity index (χ1) is 20.8. The number of para-hydroxylation sites is 1. The van der Waals surface area contributed by atoms with Crippen LogP contribution in [0, 0.1) is 11.6 Å². The number of rotatable bonds is 10. The molecule has 0 unspecified atom stereocenters. The first-order valence-corrected chi connectivity index (χ1v) is 12.9. The van der Waals surface area contributed by atoms with E-state index in [-0.39, 0.29) is 19.1 Å². The molecule has 0 aromatic heterocycles. The molecule has 0 radical (unpaired) electrons. The second-order valence-corrected chi connectivity index (χ2v) is 9.46. The van der Waals surface area contributed by atoms with Crippen LogP contribution in [0.15, 0.2) is 42.5 Å². The highest BCUT2D eigenvalue weighted by Gasteiger charge is 2.38. The van der Waals surface area contributed by atoms with Crippen molar-refractivity contribution in [3.8, 4) is 5.75 Å². The van der Waals surface area contributed by atoms with Crippen LogP contribution in [-0.2, 0) is 27.3 Å². The number of aliphatic hydroxyl groups excluding tert-OH is 1. The number of nitrogens with zero attached hydrogens (tertiary/aromatic N) is 1. The molecule has 1 atom stereocenters. The third kappa shape index (κ3) is 16.0. The molecular formula is C27H30F8N2O8. The lowest BCUT2D eigenvalue weighted by molar-refractivity contribution is -0.193. The zero-order valence-corrected chi connectivity index (χ0v) is 23.2. The summed E-state index contributed by atoms with van der Waals surface area (Å²) in [6.45, 7) is 2.67. The van der Waals surface area contributed by atoms with Crippen molar-refractivity contribution in [1.82, 2.24) is 10.2 Å². The molecule has 0 saturated carbocycles. The summed E-state index contributed by atoms with van der Waals surface area (Å²) in [5, 5.41) is 36.8. The van der Waals surface area contributed by atoms with Gasteiger partial charge in [-0.1, -0.05) is 24.3 Å². The number of nitrogens with one attached hydrogen (secondary N) is 1. The maximum atomic E-state index is 13.4. The normalized spacial score (nSPS) is 14.7. The molecule has 0 aliphatic carbocycles. The van der Waals surface area contributed by atoms with Crippen molar-refractivity contribution >= 4 is 17.9 Å². The van der Waals surface area contributed by atoms with Crippen LogP contribution in [0.1, 0.15) is 24.0 Å². The Balaban J connectivity index is 0.000000601. The Morgan fingerprint density at radius 3 is 1.91 bits per heavy atom. The minimum atomic E-state index is -5.08. The average Bonchev–Trinajstić information content (AvgIpc) is 2.93. The van der Waals surface area contributed by atoms with E-state index in [9.17, 15) is 45.0 Å². The fraction of sp³-hybridized carbons (Fsp3) is 0.444. The quantitative estimate of drug-likeness (QED) is 0.237. The molecule has 2 aromatic rings. The molecule has 1 heterocycles. The molecule has 1 fully saturated rings. The van der Waals surface area contributed by atoms with E-state index in [1.165, 1.54) is 6.07 Å². The lowest BCUT2D eigenvalue weighted by atomic mass is 10.0. The number of likely N-dealkylation sites (tertiary alicyclic amines) is 1. The molecule has 2 aromatic carbocycles. The summed E-state index contributed by atoms with van der Waals surface area (Å²) < 4.78 is 95.5. The van der Waals surface area contributed by atoms with E-state index >= 15 is 0 Å². The monoisotopic (exact) mass is 662 g/mol. The van der Waals surface area contributed by atoms with Gasteiger partial charge in [0.05, 0.1) is 6.42 Å². The molecule has 1 aliphatic rings. The second kappa shape index (κ2) is 18.1. The van der Waals surface area contributed by atoms with Gasteiger partial charge >= 0.3 is 30.3 Å². The van der Waals surface area contributed by atoms with Crippen molar-refractivity contribution in [3.63, 3.8) is 0 Å². The Bertz CT molecular complexity index is 1230. The highest BCUT2D eigenvalue weighted by molar-refractivity contribution is 5.73. The van der Waals surface area contributed by atoms with Crippen molar-refractivity contribution in [2.75, 3.05) is 26.2 Å². The summed E-state index contributed by atoms with van der Waals surface area (Å²) in [7, 11) is 0. The van der Waals surface area contributed by atoms with E-state index in [1.807, 2.05) is 0 Å². The minimum absolute atomic E-state index is 0.0681. The summed E-state index contributed by atoms with van der Waals surface area (Å²) in [6.07, 6.45) is -9.25. The number of halogens is 8. The highest BCUT2D eigenvalue weighted by Crippen LogP contribution is 2.19. The van der Waals surface area contributed by atoms with Crippen LogP contribution in [-0.4, -0.2) is 94.0 Å². The smallest absolute Gasteiger partial charge is 0.490 e. The number of benzene rings is 2. The number of carboxylic acids is 3. The van der Waals surface area contributed by atoms with Crippen molar-refractivity contribution in [2.24, 2.45) is 0 Å². The zero-order valence-electron chi connectivity index (χ0n) is 23.2. The molecule has 5 N–H and O–H groups in total. The van der Waals surface area contributed by atoms with E-state index < -0.39 is 48.0 Å². The van der Waals surface area contributed by atoms with Crippen molar-refractivity contribution < 1.29 is 74.7 Å². The number of carbonyl (C=O) groups is 3. The van der Waals surface area contributed by atoms with Gasteiger partial charge in [-0.2, -0.15) is 26.3 Å². The topological polar surface area (TPSA) is 157 Å². The molecule has 0 spiro atoms. The fourth-order valence-corrected chi connectivity index (χ4v) is 3.69. The van der Waals surface area contributed by atoms with Gasteiger partial charge in [0.15, 0.2) is 11.6 Å². The number of piperidine rings is 1. The third-order valence-corrected chi connectivity index (χ3v) is 5.85. The third-order valence-electron chi connectivity index (χ3n) is 5.85. The van der Waals surface area contributed by atoms with Crippen molar-refractivity contribution in [3.05, 3.63) is 65.2 Å². The summed E-state index contributed by atoms with van der Waals surface area (Å²) in [4.78, 5) is 30.9. The van der Waals surface area contributed by atoms with Crippen LogP contribution in [0.4, 0.5) is 35.1 Å². The standard InChI is InChI=1S/C23H28F2N2O4.2C2HF3O2/c24-20-6-5-16(11-21(20)25)14-27-9-7-18(8-10-27)26-13-19(28)15-31-22-4-2-1-3-17(22)12-23(29)30;2*3-2(4,5)1(6)7/h1-6,11,18-19,26,28H,7-10,12-15H2,(H,29,30);2*(H,6,7)/t19-;;/m0../s1. The Morgan fingerprint density at radius 1 is 0.889 bits per heavy atom. The minimum Gasteiger partial charge on any atom is -0.491 e.